The summed E-state index contributed by atoms with van der Waals surface area (Å²) in [5.41, 5.74) is 3.28. The van der Waals surface area contributed by atoms with Gasteiger partial charge in [-0.1, -0.05) is 37.6 Å². The molecule has 0 spiro atoms. The maximum atomic E-state index is 15.3. The van der Waals surface area contributed by atoms with Gasteiger partial charge in [0.2, 0.25) is 11.9 Å². The minimum absolute atomic E-state index is 0.0596. The van der Waals surface area contributed by atoms with Gasteiger partial charge in [0.1, 0.15) is 5.75 Å². The number of aryl methyl sites for hydroxylation is 1. The van der Waals surface area contributed by atoms with Crippen molar-refractivity contribution in [1.29, 1.82) is 0 Å². The molecule has 1 N–H and O–H groups in total. The van der Waals surface area contributed by atoms with Crippen molar-refractivity contribution in [3.05, 3.63) is 73.3 Å². The van der Waals surface area contributed by atoms with E-state index in [2.05, 4.69) is 39.8 Å². The fourth-order valence-electron chi connectivity index (χ4n) is 4.89. The van der Waals surface area contributed by atoms with Crippen LogP contribution in [0.5, 0.6) is 5.75 Å². The molecule has 3 heterocycles. The van der Waals surface area contributed by atoms with Gasteiger partial charge in [-0.15, -0.1) is 0 Å². The summed E-state index contributed by atoms with van der Waals surface area (Å²) in [6.07, 6.45) is 8.73. The van der Waals surface area contributed by atoms with E-state index in [9.17, 15) is 9.18 Å². The van der Waals surface area contributed by atoms with Crippen LogP contribution in [0.2, 0.25) is 0 Å². The number of benzene rings is 2. The Bertz CT molecular complexity index is 1490. The highest BCUT2D eigenvalue weighted by atomic mass is 19.1. The number of alkyl halides is 1. The second-order valence-electron chi connectivity index (χ2n) is 9.44. The van der Waals surface area contributed by atoms with Gasteiger partial charge in [-0.3, -0.25) is 9.18 Å². The summed E-state index contributed by atoms with van der Waals surface area (Å²) in [5, 5.41) is 4.07. The first-order valence-electron chi connectivity index (χ1n) is 13.2. The van der Waals surface area contributed by atoms with E-state index in [0.717, 1.165) is 48.7 Å². The molecule has 1 amide bonds. The molecule has 1 aliphatic rings. The lowest BCUT2D eigenvalue weighted by Crippen LogP contribution is -2.31. The van der Waals surface area contributed by atoms with Crippen LogP contribution < -0.4 is 15.0 Å². The first-order chi connectivity index (χ1) is 19.1. The molecule has 4 aromatic rings. The fraction of sp³-hybridized carbons (Fsp3) is 0.300. The summed E-state index contributed by atoms with van der Waals surface area (Å²) in [6.45, 7) is 4.40. The highest BCUT2D eigenvalue weighted by Crippen LogP contribution is 2.36. The molecule has 0 fully saturated rings. The molecule has 0 atom stereocenters. The Kier molecular flexibility index (Phi) is 8.15. The average molecular weight is 532 g/mol. The van der Waals surface area contributed by atoms with Crippen LogP contribution in [0.15, 0.2) is 67.5 Å². The van der Waals surface area contributed by atoms with E-state index < -0.39 is 12.5 Å². The predicted octanol–water partition coefficient (Wildman–Crippen LogP) is 6.81. The number of rotatable bonds is 5. The minimum Gasteiger partial charge on any atom is -0.491 e. The Labute approximate surface area is 226 Å². The number of anilines is 3. The van der Waals surface area contributed by atoms with Gasteiger partial charge >= 0.3 is 0 Å². The molecule has 2 aromatic carbocycles. The largest absolute Gasteiger partial charge is 0.491 e. The van der Waals surface area contributed by atoms with Gasteiger partial charge in [0.15, 0.2) is 5.82 Å². The molecule has 0 saturated heterocycles. The van der Waals surface area contributed by atoms with Crippen molar-refractivity contribution in [2.45, 2.75) is 38.6 Å². The molecule has 0 aliphatic carbocycles. The Morgan fingerprint density at radius 1 is 1.13 bits per heavy atom. The van der Waals surface area contributed by atoms with Crippen LogP contribution in [-0.2, 0) is 11.3 Å². The molecule has 6 bridgehead atoms. The van der Waals surface area contributed by atoms with E-state index in [0.29, 0.717) is 17.9 Å². The van der Waals surface area contributed by atoms with Gasteiger partial charge in [0, 0.05) is 54.4 Å². The van der Waals surface area contributed by atoms with Crippen LogP contribution in [-0.4, -0.2) is 40.3 Å². The number of carbonyl (C=O) groups excluding carboxylic acids is 1. The lowest BCUT2D eigenvalue weighted by atomic mass is 10.1. The quantitative estimate of drug-likeness (QED) is 0.226. The number of aromatic nitrogens is 3. The molecule has 5 rings (SSSR count). The number of nitrogens with one attached hydrogen (secondary N) is 1. The molecular weight excluding hydrogens is 500 g/mol. The SMILES string of the molecule is C=CC(=O)N1CCCCCCn2cc(c3ccccc32)-c2ccnc(n2)Nc2cc1c(OCCCF)cc2F. The Morgan fingerprint density at radius 2 is 1.95 bits per heavy atom. The highest BCUT2D eigenvalue weighted by molar-refractivity contribution is 6.02. The Hall–Kier alpha value is -4.27. The number of nitrogens with zero attached hydrogens (tertiary/aromatic N) is 4. The van der Waals surface area contributed by atoms with Gasteiger partial charge in [0.25, 0.3) is 0 Å². The van der Waals surface area contributed by atoms with E-state index in [4.69, 9.17) is 9.72 Å². The van der Waals surface area contributed by atoms with E-state index in [1.165, 1.54) is 23.1 Å². The van der Waals surface area contributed by atoms with E-state index in [-0.39, 0.29) is 36.3 Å². The summed E-state index contributed by atoms with van der Waals surface area (Å²) in [4.78, 5) is 23.4. The van der Waals surface area contributed by atoms with Crippen molar-refractivity contribution < 1.29 is 18.3 Å². The molecule has 0 radical (unpaired) electrons. The van der Waals surface area contributed by atoms with Gasteiger partial charge in [-0.05, 0) is 37.1 Å². The minimum atomic E-state index is -0.608. The second-order valence-corrected chi connectivity index (χ2v) is 9.44. The van der Waals surface area contributed by atoms with Crippen molar-refractivity contribution >= 4 is 34.1 Å². The number of carbonyl (C=O) groups is 1. The van der Waals surface area contributed by atoms with Crippen molar-refractivity contribution in [3.8, 4) is 17.0 Å². The maximum absolute atomic E-state index is 15.3. The van der Waals surface area contributed by atoms with Crippen molar-refractivity contribution in [2.24, 2.45) is 0 Å². The van der Waals surface area contributed by atoms with Crippen LogP contribution in [0, 0.1) is 5.82 Å². The number of amides is 1. The molecule has 2 aromatic heterocycles. The Balaban J connectivity index is 1.60. The lowest BCUT2D eigenvalue weighted by molar-refractivity contribution is -0.114. The normalized spacial score (nSPS) is 13.9. The third kappa shape index (κ3) is 5.77. The molecule has 0 saturated carbocycles. The third-order valence-electron chi connectivity index (χ3n) is 6.81. The molecule has 39 heavy (non-hydrogen) atoms. The summed E-state index contributed by atoms with van der Waals surface area (Å²) >= 11 is 0. The molecule has 0 unspecified atom stereocenters. The van der Waals surface area contributed by atoms with Crippen molar-refractivity contribution in [1.82, 2.24) is 14.5 Å². The standard InChI is InChI=1S/C30H31F2N5O2/c1-2-29(38)37-16-8-4-3-7-15-36-20-22(21-10-5-6-11-26(21)36)24-12-14-33-30(34-24)35-25-19-27(37)28(18-23(25)32)39-17-9-13-31/h2,5-6,10-12,14,18-20H,1,3-4,7-9,13,15-17H2,(H,33,34,35). The van der Waals surface area contributed by atoms with Gasteiger partial charge in [0.05, 0.1) is 30.4 Å². The lowest BCUT2D eigenvalue weighted by Gasteiger charge is -2.25. The molecule has 7 nitrogen and oxygen atoms in total. The van der Waals surface area contributed by atoms with Crippen LogP contribution in [0.25, 0.3) is 22.2 Å². The molecular formula is C30H31F2N5O2. The zero-order valence-electron chi connectivity index (χ0n) is 21.7. The third-order valence-corrected chi connectivity index (χ3v) is 6.81. The van der Waals surface area contributed by atoms with Gasteiger partial charge in [-0.2, -0.15) is 0 Å². The number of para-hydroxylation sites is 1. The van der Waals surface area contributed by atoms with Crippen LogP contribution in [0.3, 0.4) is 0 Å². The summed E-state index contributed by atoms with van der Waals surface area (Å²) in [6, 6.07) is 12.8. The van der Waals surface area contributed by atoms with Crippen molar-refractivity contribution in [3.63, 3.8) is 0 Å². The topological polar surface area (TPSA) is 72.3 Å². The highest BCUT2D eigenvalue weighted by Gasteiger charge is 2.22. The first-order valence-corrected chi connectivity index (χ1v) is 13.2. The van der Waals surface area contributed by atoms with Gasteiger partial charge in [-0.25, -0.2) is 14.4 Å². The Morgan fingerprint density at radius 3 is 2.77 bits per heavy atom. The molecule has 9 heteroatoms. The number of fused-ring (bicyclic) bond motifs is 10. The number of hydrogen-bond donors (Lipinski definition) is 1. The zero-order chi connectivity index (χ0) is 27.2. The summed E-state index contributed by atoms with van der Waals surface area (Å²) in [7, 11) is 0. The van der Waals surface area contributed by atoms with E-state index in [1.54, 1.807) is 6.20 Å². The van der Waals surface area contributed by atoms with Crippen LogP contribution >= 0.6 is 0 Å². The fourth-order valence-corrected chi connectivity index (χ4v) is 4.89. The summed E-state index contributed by atoms with van der Waals surface area (Å²) < 4.78 is 36.0. The maximum Gasteiger partial charge on any atom is 0.250 e. The number of hydrogen-bond acceptors (Lipinski definition) is 5. The summed E-state index contributed by atoms with van der Waals surface area (Å²) in [5.74, 6) is -0.555. The predicted molar refractivity (Wildman–Crippen MR) is 150 cm³/mol. The number of ether oxygens (including phenoxy) is 1. The monoisotopic (exact) mass is 531 g/mol. The molecule has 1 aliphatic heterocycles. The first kappa shape index (κ1) is 26.3. The molecule has 202 valence electrons. The smallest absolute Gasteiger partial charge is 0.250 e. The second kappa shape index (κ2) is 12.1. The van der Waals surface area contributed by atoms with E-state index in [1.807, 2.05) is 18.2 Å². The van der Waals surface area contributed by atoms with Crippen LogP contribution in [0.4, 0.5) is 26.1 Å². The average Bonchev–Trinajstić information content (AvgIpc) is 3.32. The van der Waals surface area contributed by atoms with Crippen LogP contribution in [0.1, 0.15) is 32.1 Å². The number of halogens is 2. The van der Waals surface area contributed by atoms with E-state index >= 15 is 4.39 Å². The zero-order valence-corrected chi connectivity index (χ0v) is 21.7. The van der Waals surface area contributed by atoms with Crippen molar-refractivity contribution in [2.75, 3.05) is 30.0 Å². The van der Waals surface area contributed by atoms with Gasteiger partial charge < -0.3 is 19.5 Å².